The molecule has 4 rings (SSSR count). The predicted octanol–water partition coefficient (Wildman–Crippen LogP) is 4.28. The topological polar surface area (TPSA) is 55.1 Å². The van der Waals surface area contributed by atoms with Gasteiger partial charge in [0.15, 0.2) is 0 Å². The number of nitrogens with zero attached hydrogens (tertiary/aromatic N) is 4. The number of aromatic nitrogens is 3. The molecular formula is C18H14FN5S. The van der Waals surface area contributed by atoms with Crippen LogP contribution in [0.2, 0.25) is 0 Å². The second kappa shape index (κ2) is 6.45. The minimum atomic E-state index is -0.338. The van der Waals surface area contributed by atoms with Gasteiger partial charge in [0.05, 0.1) is 23.6 Å². The molecule has 0 spiro atoms. The molecule has 4 aromatic rings. The van der Waals surface area contributed by atoms with Gasteiger partial charge in [-0.1, -0.05) is 30.3 Å². The van der Waals surface area contributed by atoms with Crippen molar-refractivity contribution in [3.05, 3.63) is 65.4 Å². The lowest BCUT2D eigenvalue weighted by atomic mass is 10.1. The Balaban J connectivity index is 1.52. The van der Waals surface area contributed by atoms with Crippen LogP contribution in [0.4, 0.5) is 9.52 Å². The first-order chi connectivity index (χ1) is 12.2. The summed E-state index contributed by atoms with van der Waals surface area (Å²) in [4.78, 5) is 4.48. The molecule has 1 N–H and O–H groups in total. The Morgan fingerprint density at radius 2 is 2.08 bits per heavy atom. The average molecular weight is 351 g/mol. The molecule has 0 aliphatic carbocycles. The number of fused-ring (bicyclic) bond motifs is 1. The van der Waals surface area contributed by atoms with Crippen molar-refractivity contribution < 1.29 is 4.39 Å². The highest BCUT2D eigenvalue weighted by molar-refractivity contribution is 7.14. The molecule has 0 amide bonds. The maximum Gasteiger partial charge on any atom is 0.203 e. The van der Waals surface area contributed by atoms with E-state index in [4.69, 9.17) is 0 Å². The van der Waals surface area contributed by atoms with Crippen LogP contribution in [-0.4, -0.2) is 21.0 Å². The largest absolute Gasteiger partial charge is 0.268 e. The first-order valence-corrected chi connectivity index (χ1v) is 8.50. The number of hydrogen-bond donors (Lipinski definition) is 1. The van der Waals surface area contributed by atoms with E-state index in [1.54, 1.807) is 16.9 Å². The average Bonchev–Trinajstić information content (AvgIpc) is 3.24. The van der Waals surface area contributed by atoms with E-state index >= 15 is 0 Å². The number of anilines is 1. The summed E-state index contributed by atoms with van der Waals surface area (Å²) in [6.45, 7) is 0. The molecule has 2 heterocycles. The summed E-state index contributed by atoms with van der Waals surface area (Å²) in [5.74, 6) is -0.338. The molecule has 0 saturated heterocycles. The molecule has 0 aliphatic heterocycles. The van der Waals surface area contributed by atoms with Crippen LogP contribution in [0, 0.1) is 5.82 Å². The van der Waals surface area contributed by atoms with E-state index in [-0.39, 0.29) is 5.82 Å². The Morgan fingerprint density at radius 1 is 1.24 bits per heavy atom. The van der Waals surface area contributed by atoms with Crippen molar-refractivity contribution in [2.24, 2.45) is 12.1 Å². The smallest absolute Gasteiger partial charge is 0.203 e. The van der Waals surface area contributed by atoms with Gasteiger partial charge < -0.3 is 0 Å². The highest BCUT2D eigenvalue weighted by atomic mass is 32.1. The molecule has 25 heavy (non-hydrogen) atoms. The van der Waals surface area contributed by atoms with Gasteiger partial charge in [-0.05, 0) is 12.1 Å². The fourth-order valence-corrected chi connectivity index (χ4v) is 3.18. The Kier molecular flexibility index (Phi) is 3.99. The summed E-state index contributed by atoms with van der Waals surface area (Å²) in [5, 5.41) is 11.6. The van der Waals surface area contributed by atoms with E-state index in [0.717, 1.165) is 22.2 Å². The molecule has 2 aromatic heterocycles. The van der Waals surface area contributed by atoms with E-state index < -0.39 is 0 Å². The van der Waals surface area contributed by atoms with Crippen molar-refractivity contribution in [3.63, 3.8) is 0 Å². The zero-order chi connectivity index (χ0) is 17.2. The lowest BCUT2D eigenvalue weighted by Crippen LogP contribution is -1.95. The second-order valence-corrected chi connectivity index (χ2v) is 6.33. The van der Waals surface area contributed by atoms with Crippen LogP contribution >= 0.6 is 11.3 Å². The highest BCUT2D eigenvalue weighted by Gasteiger charge is 2.07. The normalized spacial score (nSPS) is 11.4. The van der Waals surface area contributed by atoms with E-state index in [1.165, 1.54) is 23.6 Å². The second-order valence-electron chi connectivity index (χ2n) is 5.47. The number of aryl methyl sites for hydroxylation is 1. The number of thiazole rings is 1. The van der Waals surface area contributed by atoms with Crippen molar-refractivity contribution in [2.45, 2.75) is 0 Å². The van der Waals surface area contributed by atoms with Gasteiger partial charge in [0.25, 0.3) is 0 Å². The van der Waals surface area contributed by atoms with Crippen molar-refractivity contribution in [1.29, 1.82) is 0 Å². The van der Waals surface area contributed by atoms with Crippen LogP contribution in [-0.2, 0) is 7.05 Å². The molecule has 0 bridgehead atoms. The quantitative estimate of drug-likeness (QED) is 0.441. The third kappa shape index (κ3) is 3.14. The van der Waals surface area contributed by atoms with Crippen LogP contribution in [0.15, 0.2) is 59.1 Å². The number of rotatable bonds is 4. The van der Waals surface area contributed by atoms with Gasteiger partial charge in [-0.15, -0.1) is 11.3 Å². The maximum atomic E-state index is 14.1. The van der Waals surface area contributed by atoms with Crippen LogP contribution in [0.25, 0.3) is 22.2 Å². The standard InChI is InChI=1S/C18H14FN5S/c1-24-17-8-13(15(19)7-14(17)10-21-24)9-20-23-18-22-16(11-25-18)12-5-3-2-4-6-12/h2-11H,1H3,(H,22,23). The number of hydrogen-bond acceptors (Lipinski definition) is 5. The first kappa shape index (κ1) is 15.5. The molecule has 124 valence electrons. The number of hydrazone groups is 1. The summed E-state index contributed by atoms with van der Waals surface area (Å²) >= 11 is 1.45. The molecule has 0 unspecified atom stereocenters. The van der Waals surface area contributed by atoms with Crippen molar-refractivity contribution in [1.82, 2.24) is 14.8 Å². The van der Waals surface area contributed by atoms with Crippen LogP contribution in [0.5, 0.6) is 0 Å². The van der Waals surface area contributed by atoms with Crippen LogP contribution < -0.4 is 5.43 Å². The summed E-state index contributed by atoms with van der Waals surface area (Å²) in [6.07, 6.45) is 3.09. The predicted molar refractivity (Wildman–Crippen MR) is 99.4 cm³/mol. The Bertz CT molecular complexity index is 1050. The minimum absolute atomic E-state index is 0.338. The molecule has 2 aromatic carbocycles. The van der Waals surface area contributed by atoms with Gasteiger partial charge >= 0.3 is 0 Å². The third-order valence-electron chi connectivity index (χ3n) is 3.80. The van der Waals surface area contributed by atoms with E-state index in [9.17, 15) is 4.39 Å². The lowest BCUT2D eigenvalue weighted by molar-refractivity contribution is 0.627. The number of nitrogens with one attached hydrogen (secondary N) is 1. The lowest BCUT2D eigenvalue weighted by Gasteiger charge is -1.99. The van der Waals surface area contributed by atoms with E-state index in [1.807, 2.05) is 42.8 Å². The molecule has 0 aliphatic rings. The van der Waals surface area contributed by atoms with Gasteiger partial charge in [-0.3, -0.25) is 10.1 Å². The molecular weight excluding hydrogens is 337 g/mol. The monoisotopic (exact) mass is 351 g/mol. The highest BCUT2D eigenvalue weighted by Crippen LogP contribution is 2.24. The summed E-state index contributed by atoms with van der Waals surface area (Å²) in [6, 6.07) is 13.1. The number of benzene rings is 2. The molecule has 0 fully saturated rings. The SMILES string of the molecule is Cn1ncc2cc(F)c(C=NNc3nc(-c4ccccc4)cs3)cc21. The molecule has 0 radical (unpaired) electrons. The maximum absolute atomic E-state index is 14.1. The van der Waals surface area contributed by atoms with Crippen LogP contribution in [0.3, 0.4) is 0 Å². The molecule has 0 saturated carbocycles. The third-order valence-corrected chi connectivity index (χ3v) is 4.55. The van der Waals surface area contributed by atoms with Gasteiger partial charge in [-0.25, -0.2) is 9.37 Å². The summed E-state index contributed by atoms with van der Waals surface area (Å²) in [5.41, 5.74) is 6.02. The Hall–Kier alpha value is -3.06. The minimum Gasteiger partial charge on any atom is -0.268 e. The summed E-state index contributed by atoms with van der Waals surface area (Å²) < 4.78 is 15.8. The zero-order valence-corrected chi connectivity index (χ0v) is 14.2. The van der Waals surface area contributed by atoms with Crippen molar-refractivity contribution >= 4 is 33.6 Å². The molecule has 5 nitrogen and oxygen atoms in total. The van der Waals surface area contributed by atoms with E-state index in [2.05, 4.69) is 20.6 Å². The molecule has 7 heteroatoms. The van der Waals surface area contributed by atoms with Gasteiger partial charge in [0.1, 0.15) is 5.82 Å². The fraction of sp³-hybridized carbons (Fsp3) is 0.0556. The first-order valence-electron chi connectivity index (χ1n) is 7.62. The Morgan fingerprint density at radius 3 is 2.92 bits per heavy atom. The van der Waals surface area contributed by atoms with Gasteiger partial charge in [0.2, 0.25) is 5.13 Å². The molecule has 0 atom stereocenters. The van der Waals surface area contributed by atoms with Crippen molar-refractivity contribution in [3.8, 4) is 11.3 Å². The Labute approximate surface area is 147 Å². The van der Waals surface area contributed by atoms with Gasteiger partial charge in [0, 0.05) is 28.9 Å². The van der Waals surface area contributed by atoms with Crippen LogP contribution in [0.1, 0.15) is 5.56 Å². The van der Waals surface area contributed by atoms with Crippen molar-refractivity contribution in [2.75, 3.05) is 5.43 Å². The zero-order valence-electron chi connectivity index (χ0n) is 13.3. The number of halogens is 1. The fourth-order valence-electron chi connectivity index (χ4n) is 2.51. The van der Waals surface area contributed by atoms with E-state index in [0.29, 0.717) is 10.7 Å². The summed E-state index contributed by atoms with van der Waals surface area (Å²) in [7, 11) is 1.82. The van der Waals surface area contributed by atoms with Gasteiger partial charge in [-0.2, -0.15) is 10.2 Å².